The number of esters is 1. The van der Waals surface area contributed by atoms with E-state index in [1.54, 1.807) is 33.8 Å². The second-order valence-electron chi connectivity index (χ2n) is 6.00. The molecule has 1 aromatic rings. The maximum atomic E-state index is 13.7. The maximum Gasteiger partial charge on any atom is 0.306 e. The van der Waals surface area contributed by atoms with Crippen LogP contribution in [-0.2, 0) is 20.7 Å². The number of hydrogen-bond donors (Lipinski definition) is 0. The Morgan fingerprint density at radius 1 is 1.18 bits per heavy atom. The molecule has 0 aromatic heterocycles. The summed E-state index contributed by atoms with van der Waals surface area (Å²) in [6.07, 6.45) is 0.214. The molecule has 1 aromatic carbocycles. The van der Waals surface area contributed by atoms with Gasteiger partial charge in [-0.3, -0.25) is 9.59 Å². The van der Waals surface area contributed by atoms with Crippen LogP contribution in [0.25, 0.3) is 0 Å². The second kappa shape index (κ2) is 7.92. The normalized spacial score (nSPS) is 11.1. The highest BCUT2D eigenvalue weighted by molar-refractivity contribution is 5.84. The van der Waals surface area contributed by atoms with Gasteiger partial charge in [0.1, 0.15) is 11.4 Å². The predicted molar refractivity (Wildman–Crippen MR) is 81.4 cm³/mol. The minimum Gasteiger partial charge on any atom is -0.491 e. The number of benzene rings is 1. The average molecular weight is 310 g/mol. The molecular formula is C17H23FO4. The number of halogens is 1. The summed E-state index contributed by atoms with van der Waals surface area (Å²) < 4.78 is 23.9. The largest absolute Gasteiger partial charge is 0.491 e. The third-order valence-electron chi connectivity index (χ3n) is 2.73. The topological polar surface area (TPSA) is 52.6 Å². The van der Waals surface area contributed by atoms with Gasteiger partial charge < -0.3 is 9.47 Å². The molecule has 0 spiro atoms. The number of carbonyl (C=O) groups excluding carboxylic acids is 2. The lowest BCUT2D eigenvalue weighted by Crippen LogP contribution is -2.24. The number of carbonyl (C=O) groups is 2. The highest BCUT2D eigenvalue weighted by Gasteiger charge is 2.17. The van der Waals surface area contributed by atoms with Crippen molar-refractivity contribution in [3.8, 4) is 5.75 Å². The average Bonchev–Trinajstić information content (AvgIpc) is 2.38. The van der Waals surface area contributed by atoms with Crippen LogP contribution in [-0.4, -0.2) is 24.0 Å². The van der Waals surface area contributed by atoms with E-state index in [9.17, 15) is 14.0 Å². The van der Waals surface area contributed by atoms with Gasteiger partial charge in [0.2, 0.25) is 0 Å². The molecule has 1 rings (SSSR count). The highest BCUT2D eigenvalue weighted by Crippen LogP contribution is 2.19. The fourth-order valence-corrected chi connectivity index (χ4v) is 1.88. The fourth-order valence-electron chi connectivity index (χ4n) is 1.88. The van der Waals surface area contributed by atoms with Gasteiger partial charge in [0.15, 0.2) is 11.6 Å². The van der Waals surface area contributed by atoms with Gasteiger partial charge in [-0.25, -0.2) is 4.39 Å². The molecule has 0 saturated carbocycles. The summed E-state index contributed by atoms with van der Waals surface area (Å²) in [6, 6.07) is 4.45. The van der Waals surface area contributed by atoms with E-state index in [1.807, 2.05) is 0 Å². The van der Waals surface area contributed by atoms with Crippen molar-refractivity contribution < 1.29 is 23.5 Å². The Balaban J connectivity index is 2.48. The Kier molecular flexibility index (Phi) is 6.53. The first kappa shape index (κ1) is 18.1. The maximum absolute atomic E-state index is 13.7. The van der Waals surface area contributed by atoms with E-state index < -0.39 is 17.4 Å². The second-order valence-corrected chi connectivity index (χ2v) is 6.00. The summed E-state index contributed by atoms with van der Waals surface area (Å²) in [5.41, 5.74) is 0.00777. The van der Waals surface area contributed by atoms with Gasteiger partial charge in [0.25, 0.3) is 0 Å². The highest BCUT2D eigenvalue weighted by atomic mass is 19.1. The van der Waals surface area contributed by atoms with Crippen LogP contribution in [0.3, 0.4) is 0 Å². The van der Waals surface area contributed by atoms with Crippen molar-refractivity contribution in [2.75, 3.05) is 6.61 Å². The lowest BCUT2D eigenvalue weighted by Gasteiger charge is -2.19. The van der Waals surface area contributed by atoms with E-state index in [1.165, 1.54) is 12.1 Å². The number of rotatable bonds is 7. The minimum absolute atomic E-state index is 0.0373. The van der Waals surface area contributed by atoms with Crippen molar-refractivity contribution in [1.29, 1.82) is 0 Å². The Hall–Kier alpha value is -1.91. The van der Waals surface area contributed by atoms with Gasteiger partial charge in [-0.15, -0.1) is 0 Å². The SMILES string of the molecule is CCOc1ccc(CC(=O)CCC(=O)OC(C)(C)C)cc1F. The first-order chi connectivity index (χ1) is 10.2. The van der Waals surface area contributed by atoms with Crippen LogP contribution in [0.4, 0.5) is 4.39 Å². The molecule has 0 atom stereocenters. The van der Waals surface area contributed by atoms with Crippen LogP contribution in [0.2, 0.25) is 0 Å². The predicted octanol–water partition coefficient (Wildman–Crippen LogP) is 3.46. The first-order valence-electron chi connectivity index (χ1n) is 7.36. The number of ketones is 1. The molecule has 0 bridgehead atoms. The molecule has 0 N–H and O–H groups in total. The van der Waals surface area contributed by atoms with Crippen LogP contribution in [0.5, 0.6) is 5.75 Å². The van der Waals surface area contributed by atoms with E-state index in [-0.39, 0.29) is 30.8 Å². The number of Topliss-reactive ketones (excluding diaryl/α,β-unsaturated/α-hetero) is 1. The van der Waals surface area contributed by atoms with E-state index in [0.29, 0.717) is 12.2 Å². The summed E-state index contributed by atoms with van der Waals surface area (Å²) in [4.78, 5) is 23.4. The lowest BCUT2D eigenvalue weighted by atomic mass is 10.1. The summed E-state index contributed by atoms with van der Waals surface area (Å²) >= 11 is 0. The Morgan fingerprint density at radius 3 is 2.41 bits per heavy atom. The van der Waals surface area contributed by atoms with Gasteiger partial charge >= 0.3 is 5.97 Å². The van der Waals surface area contributed by atoms with Crippen molar-refractivity contribution in [3.63, 3.8) is 0 Å². The Morgan fingerprint density at radius 2 is 1.86 bits per heavy atom. The third-order valence-corrected chi connectivity index (χ3v) is 2.73. The number of hydrogen-bond acceptors (Lipinski definition) is 4. The van der Waals surface area contributed by atoms with Crippen LogP contribution >= 0.6 is 0 Å². The molecule has 0 radical (unpaired) electrons. The first-order valence-corrected chi connectivity index (χ1v) is 7.36. The zero-order valence-corrected chi connectivity index (χ0v) is 13.6. The summed E-state index contributed by atoms with van der Waals surface area (Å²) in [5, 5.41) is 0. The third kappa shape index (κ3) is 6.70. The molecule has 22 heavy (non-hydrogen) atoms. The fraction of sp³-hybridized carbons (Fsp3) is 0.529. The van der Waals surface area contributed by atoms with Crippen LogP contribution in [0.1, 0.15) is 46.1 Å². The molecule has 0 aliphatic rings. The van der Waals surface area contributed by atoms with E-state index in [2.05, 4.69) is 0 Å². The van der Waals surface area contributed by atoms with Crippen molar-refractivity contribution >= 4 is 11.8 Å². The summed E-state index contributed by atoms with van der Waals surface area (Å²) in [5.74, 6) is -0.847. The molecule has 0 heterocycles. The van der Waals surface area contributed by atoms with Gasteiger partial charge in [0.05, 0.1) is 13.0 Å². The Bertz CT molecular complexity index is 532. The van der Waals surface area contributed by atoms with Gasteiger partial charge in [-0.2, -0.15) is 0 Å². The van der Waals surface area contributed by atoms with Crippen molar-refractivity contribution in [2.24, 2.45) is 0 Å². The van der Waals surface area contributed by atoms with Gasteiger partial charge in [-0.05, 0) is 45.4 Å². The van der Waals surface area contributed by atoms with Gasteiger partial charge in [-0.1, -0.05) is 6.07 Å². The molecule has 0 aliphatic carbocycles. The molecule has 0 saturated heterocycles. The molecule has 5 heteroatoms. The molecule has 0 aliphatic heterocycles. The smallest absolute Gasteiger partial charge is 0.306 e. The van der Waals surface area contributed by atoms with Crippen molar-refractivity contribution in [1.82, 2.24) is 0 Å². The zero-order valence-electron chi connectivity index (χ0n) is 13.6. The van der Waals surface area contributed by atoms with E-state index >= 15 is 0 Å². The van der Waals surface area contributed by atoms with Crippen molar-refractivity contribution in [3.05, 3.63) is 29.6 Å². The van der Waals surface area contributed by atoms with Crippen LogP contribution in [0, 0.1) is 5.82 Å². The Labute approximate surface area is 130 Å². The molecular weight excluding hydrogens is 287 g/mol. The molecule has 0 unspecified atom stereocenters. The van der Waals surface area contributed by atoms with E-state index in [4.69, 9.17) is 9.47 Å². The summed E-state index contributed by atoms with van der Waals surface area (Å²) in [6.45, 7) is 7.47. The molecule has 0 fully saturated rings. The van der Waals surface area contributed by atoms with Crippen LogP contribution < -0.4 is 4.74 Å². The monoisotopic (exact) mass is 310 g/mol. The zero-order chi connectivity index (χ0) is 16.8. The van der Waals surface area contributed by atoms with Crippen molar-refractivity contribution in [2.45, 2.75) is 52.6 Å². The standard InChI is InChI=1S/C17H23FO4/c1-5-21-15-8-6-12(11-14(15)18)10-13(19)7-9-16(20)22-17(2,3)4/h6,8,11H,5,7,9-10H2,1-4H3. The summed E-state index contributed by atoms with van der Waals surface area (Å²) in [7, 11) is 0. The van der Waals surface area contributed by atoms with Crippen LogP contribution in [0.15, 0.2) is 18.2 Å². The molecule has 0 amide bonds. The lowest BCUT2D eigenvalue weighted by molar-refractivity contribution is -0.155. The quantitative estimate of drug-likeness (QED) is 0.724. The molecule has 122 valence electrons. The minimum atomic E-state index is -0.557. The number of ether oxygens (including phenoxy) is 2. The van der Waals surface area contributed by atoms with E-state index in [0.717, 1.165) is 0 Å². The molecule has 4 nitrogen and oxygen atoms in total. The van der Waals surface area contributed by atoms with Gasteiger partial charge in [0, 0.05) is 12.8 Å².